The van der Waals surface area contributed by atoms with Crippen molar-refractivity contribution in [3.8, 4) is 5.75 Å². The fraction of sp³-hybridized carbons (Fsp3) is 0.622. The molecule has 320 valence electrons. The Bertz CT molecular complexity index is 1680. The monoisotopic (exact) mass is 805 g/mol. The molecule has 0 radical (unpaired) electrons. The number of nitrogens with zero attached hydrogens (tertiary/aromatic N) is 1. The molecule has 1 aliphatic heterocycles. The van der Waals surface area contributed by atoms with Crippen LogP contribution in [0.15, 0.2) is 48.5 Å². The first-order valence-electron chi connectivity index (χ1n) is 21.2. The Kier molecular flexibility index (Phi) is 17.7. The van der Waals surface area contributed by atoms with Gasteiger partial charge in [-0.25, -0.2) is 0 Å². The van der Waals surface area contributed by atoms with E-state index in [2.05, 4.69) is 16.0 Å². The standard InChI is InChI=1S/C45H67N5O8/c1-7-57-42(54)27-47-26-34-18-19-40-35(20-34)36(28-58-40)45(24-29(2)3,50(31(6)51)43(55)37(46)21-32-14-10-8-11-15-32)44(56)49-38(22-33-16-12-9-13-17-33)39(52)23-41(53)48-25-30(4)5/h8,10-11,14-15,18-20,29-30,33,36-39,47,52H,7,9,12-13,16-17,21-28,46H2,1-6H3,(H,48,53)(H,49,56)/t36?,37-,38-,39-,45-/m0/s1. The van der Waals surface area contributed by atoms with Crippen LogP contribution in [0.5, 0.6) is 5.75 Å². The van der Waals surface area contributed by atoms with Gasteiger partial charge in [0.2, 0.25) is 23.6 Å². The topological polar surface area (TPSA) is 189 Å². The Hall–Kier alpha value is -4.33. The third-order valence-electron chi connectivity index (χ3n) is 11.2. The Morgan fingerprint density at radius 1 is 0.983 bits per heavy atom. The Morgan fingerprint density at radius 2 is 1.69 bits per heavy atom. The fourth-order valence-electron chi connectivity index (χ4n) is 8.52. The number of amides is 4. The van der Waals surface area contributed by atoms with Gasteiger partial charge in [-0.3, -0.25) is 28.9 Å². The van der Waals surface area contributed by atoms with Gasteiger partial charge in [0.05, 0.1) is 50.3 Å². The van der Waals surface area contributed by atoms with Crippen LogP contribution in [-0.2, 0) is 41.7 Å². The molecule has 2 aliphatic rings. The van der Waals surface area contributed by atoms with E-state index in [0.717, 1.165) is 48.1 Å². The van der Waals surface area contributed by atoms with Crippen molar-refractivity contribution in [2.24, 2.45) is 23.5 Å². The Labute approximate surface area is 344 Å². The summed E-state index contributed by atoms with van der Waals surface area (Å²) in [5.74, 6) is -2.82. The number of hydrogen-bond acceptors (Lipinski definition) is 10. The summed E-state index contributed by atoms with van der Waals surface area (Å²) in [5.41, 5.74) is 7.02. The molecule has 13 nitrogen and oxygen atoms in total. The maximum absolute atomic E-state index is 15.7. The van der Waals surface area contributed by atoms with Gasteiger partial charge in [0.15, 0.2) is 0 Å². The van der Waals surface area contributed by atoms with Gasteiger partial charge in [-0.15, -0.1) is 0 Å². The molecule has 0 spiro atoms. The van der Waals surface area contributed by atoms with Gasteiger partial charge in [0, 0.05) is 25.6 Å². The number of benzene rings is 2. The summed E-state index contributed by atoms with van der Waals surface area (Å²) >= 11 is 0. The van der Waals surface area contributed by atoms with Crippen molar-refractivity contribution >= 4 is 29.6 Å². The highest BCUT2D eigenvalue weighted by Crippen LogP contribution is 2.47. The minimum Gasteiger partial charge on any atom is -0.493 e. The van der Waals surface area contributed by atoms with Crippen LogP contribution >= 0.6 is 0 Å². The molecular weight excluding hydrogens is 739 g/mol. The van der Waals surface area contributed by atoms with Gasteiger partial charge in [-0.2, -0.15) is 0 Å². The molecule has 4 rings (SSSR count). The van der Waals surface area contributed by atoms with Crippen LogP contribution in [0.1, 0.15) is 116 Å². The lowest BCUT2D eigenvalue weighted by atomic mass is 9.72. The van der Waals surface area contributed by atoms with Crippen LogP contribution in [0.3, 0.4) is 0 Å². The number of rotatable bonds is 21. The zero-order valence-electron chi connectivity index (χ0n) is 35.4. The molecule has 1 aliphatic carbocycles. The van der Waals surface area contributed by atoms with Crippen LogP contribution < -0.4 is 26.4 Å². The predicted molar refractivity (Wildman–Crippen MR) is 222 cm³/mol. The average molecular weight is 806 g/mol. The van der Waals surface area contributed by atoms with E-state index in [1.165, 1.54) is 6.92 Å². The number of aliphatic hydroxyl groups excluding tert-OH is 1. The van der Waals surface area contributed by atoms with E-state index in [4.69, 9.17) is 15.2 Å². The number of nitrogens with two attached hydrogens (primary N) is 1. The van der Waals surface area contributed by atoms with Crippen molar-refractivity contribution in [2.75, 3.05) is 26.3 Å². The van der Waals surface area contributed by atoms with Crippen LogP contribution in [0.25, 0.3) is 0 Å². The van der Waals surface area contributed by atoms with E-state index < -0.39 is 47.4 Å². The summed E-state index contributed by atoms with van der Waals surface area (Å²) < 4.78 is 11.3. The number of ether oxygens (including phenoxy) is 2. The number of carbonyl (C=O) groups excluding carboxylic acids is 5. The van der Waals surface area contributed by atoms with Crippen molar-refractivity contribution < 1.29 is 38.6 Å². The molecular formula is C45H67N5O8. The van der Waals surface area contributed by atoms with E-state index in [9.17, 15) is 24.3 Å². The van der Waals surface area contributed by atoms with Gasteiger partial charge in [-0.1, -0.05) is 102 Å². The highest BCUT2D eigenvalue weighted by atomic mass is 16.5. The predicted octanol–water partition coefficient (Wildman–Crippen LogP) is 4.52. The van der Waals surface area contributed by atoms with Crippen LogP contribution in [0.4, 0.5) is 0 Å². The third-order valence-corrected chi connectivity index (χ3v) is 11.2. The van der Waals surface area contributed by atoms with Crippen molar-refractivity contribution in [3.05, 3.63) is 65.2 Å². The molecule has 1 saturated carbocycles. The molecule has 13 heteroatoms. The minimum absolute atomic E-state index is 0.00331. The van der Waals surface area contributed by atoms with Crippen molar-refractivity contribution in [3.63, 3.8) is 0 Å². The van der Waals surface area contributed by atoms with E-state index in [1.54, 1.807) is 13.0 Å². The first-order valence-corrected chi connectivity index (χ1v) is 21.2. The molecule has 0 saturated heterocycles. The quantitative estimate of drug-likeness (QED) is 0.112. The molecule has 5 atom stereocenters. The van der Waals surface area contributed by atoms with Gasteiger partial charge in [0.25, 0.3) is 0 Å². The SMILES string of the molecule is CCOC(=O)CNCc1ccc2c(c1)C([C@@](CC(C)C)(C(=O)N[C@@H](CC1CCCCC1)[C@@H](O)CC(=O)NCC(C)C)N(C(C)=O)C(=O)[C@@H](N)Cc1ccccc1)CO2. The zero-order chi connectivity index (χ0) is 42.4. The lowest BCUT2D eigenvalue weighted by molar-refractivity contribution is -0.162. The van der Waals surface area contributed by atoms with E-state index in [0.29, 0.717) is 30.8 Å². The Balaban J connectivity index is 1.83. The highest BCUT2D eigenvalue weighted by Gasteiger charge is 2.58. The minimum atomic E-state index is -1.86. The number of fused-ring (bicyclic) bond motifs is 1. The van der Waals surface area contributed by atoms with Crippen molar-refractivity contribution in [1.29, 1.82) is 0 Å². The smallest absolute Gasteiger partial charge is 0.319 e. The molecule has 1 heterocycles. The second kappa shape index (κ2) is 22.2. The maximum atomic E-state index is 15.7. The number of aliphatic hydroxyl groups is 1. The van der Waals surface area contributed by atoms with Gasteiger partial charge >= 0.3 is 5.97 Å². The summed E-state index contributed by atoms with van der Waals surface area (Å²) in [6.07, 6.45) is 4.20. The van der Waals surface area contributed by atoms with Gasteiger partial charge < -0.3 is 36.3 Å². The molecule has 4 amide bonds. The number of imide groups is 1. The second-order valence-electron chi connectivity index (χ2n) is 16.9. The molecule has 1 fully saturated rings. The van der Waals surface area contributed by atoms with Gasteiger partial charge in [-0.05, 0) is 61.1 Å². The zero-order valence-corrected chi connectivity index (χ0v) is 35.4. The number of carbonyl (C=O) groups is 5. The van der Waals surface area contributed by atoms with Crippen molar-refractivity contribution in [2.45, 2.75) is 136 Å². The lowest BCUT2D eigenvalue weighted by Gasteiger charge is -2.47. The summed E-state index contributed by atoms with van der Waals surface area (Å²) in [5, 5.41) is 20.9. The summed E-state index contributed by atoms with van der Waals surface area (Å²) in [6, 6.07) is 12.8. The lowest BCUT2D eigenvalue weighted by Crippen LogP contribution is -2.69. The molecule has 2 aromatic rings. The second-order valence-corrected chi connectivity index (χ2v) is 16.9. The maximum Gasteiger partial charge on any atom is 0.319 e. The van der Waals surface area contributed by atoms with E-state index in [1.807, 2.05) is 70.2 Å². The third kappa shape index (κ3) is 12.6. The normalized spacial score (nSPS) is 18.0. The number of esters is 1. The number of hydrogen-bond donors (Lipinski definition) is 5. The molecule has 0 bridgehead atoms. The molecule has 1 unspecified atom stereocenters. The first-order chi connectivity index (χ1) is 27.7. The van der Waals surface area contributed by atoms with E-state index >= 15 is 4.79 Å². The van der Waals surface area contributed by atoms with Crippen LogP contribution in [0, 0.1) is 17.8 Å². The molecule has 58 heavy (non-hydrogen) atoms. The summed E-state index contributed by atoms with van der Waals surface area (Å²) in [7, 11) is 0. The largest absolute Gasteiger partial charge is 0.493 e. The molecule has 6 N–H and O–H groups in total. The van der Waals surface area contributed by atoms with Crippen LogP contribution in [-0.4, -0.2) is 89.6 Å². The van der Waals surface area contributed by atoms with Gasteiger partial charge in [0.1, 0.15) is 11.3 Å². The fourth-order valence-corrected chi connectivity index (χ4v) is 8.52. The Morgan fingerprint density at radius 3 is 2.33 bits per heavy atom. The summed E-state index contributed by atoms with van der Waals surface area (Å²) in [6.45, 7) is 11.8. The molecule has 0 aromatic heterocycles. The first kappa shape index (κ1) is 46.4. The van der Waals surface area contributed by atoms with Crippen molar-refractivity contribution in [1.82, 2.24) is 20.9 Å². The number of nitrogens with one attached hydrogen (secondary N) is 3. The summed E-state index contributed by atoms with van der Waals surface area (Å²) in [4.78, 5) is 70.8. The van der Waals surface area contributed by atoms with Crippen LogP contribution in [0.2, 0.25) is 0 Å². The highest BCUT2D eigenvalue weighted by molar-refractivity contribution is 6.04. The average Bonchev–Trinajstić information content (AvgIpc) is 3.60. The van der Waals surface area contributed by atoms with E-state index in [-0.39, 0.29) is 68.7 Å². The molecule has 2 aromatic carbocycles.